The summed E-state index contributed by atoms with van der Waals surface area (Å²) in [6, 6.07) is 4.32. The van der Waals surface area contributed by atoms with E-state index in [2.05, 4.69) is 5.10 Å². The predicted octanol–water partition coefficient (Wildman–Crippen LogP) is 2.13. The number of hydrogen-bond acceptors (Lipinski definition) is 3. The highest BCUT2D eigenvalue weighted by Crippen LogP contribution is 2.38. The Hall–Kier alpha value is -2.44. The zero-order valence-electron chi connectivity index (χ0n) is 10.2. The molecule has 0 N–H and O–H groups in total. The molecule has 10 heteroatoms. The Balaban J connectivity index is 2.39. The number of aromatic nitrogens is 3. The van der Waals surface area contributed by atoms with Crippen LogP contribution >= 0.6 is 0 Å². The third-order valence-electron chi connectivity index (χ3n) is 2.81. The molecule has 0 aliphatic heterocycles. The molecule has 0 aliphatic carbocycles. The lowest BCUT2D eigenvalue weighted by molar-refractivity contribution is -0.580. The van der Waals surface area contributed by atoms with Gasteiger partial charge in [0.15, 0.2) is 5.69 Å². The minimum atomic E-state index is -5.68. The van der Waals surface area contributed by atoms with E-state index in [0.717, 1.165) is 6.20 Å². The normalized spacial score (nSPS) is 12.6. The third kappa shape index (κ3) is 2.58. The molecule has 112 valence electrons. The summed E-state index contributed by atoms with van der Waals surface area (Å²) in [5, 5.41) is 24.1. The zero-order valence-corrected chi connectivity index (χ0v) is 10.2. The molecule has 0 atom stereocenters. The van der Waals surface area contributed by atoms with Crippen LogP contribution in [0.15, 0.2) is 18.3 Å². The molecular weight excluding hydrogens is 299 g/mol. The van der Waals surface area contributed by atoms with Crippen LogP contribution in [-0.4, -0.2) is 21.9 Å². The van der Waals surface area contributed by atoms with Crippen molar-refractivity contribution in [1.29, 1.82) is 5.26 Å². The average Bonchev–Trinajstić information content (AvgIpc) is 2.74. The van der Waals surface area contributed by atoms with Crippen molar-refractivity contribution in [2.24, 2.45) is 0 Å². The van der Waals surface area contributed by atoms with E-state index in [-0.39, 0.29) is 21.5 Å². The largest absolute Gasteiger partial charge is 0.711 e. The van der Waals surface area contributed by atoms with E-state index in [1.54, 1.807) is 6.07 Å². The van der Waals surface area contributed by atoms with Crippen molar-refractivity contribution in [2.45, 2.75) is 25.1 Å². The van der Waals surface area contributed by atoms with Crippen molar-refractivity contribution in [3.63, 3.8) is 0 Å². The van der Waals surface area contributed by atoms with Gasteiger partial charge in [-0.25, -0.2) is 4.73 Å². The summed E-state index contributed by atoms with van der Waals surface area (Å²) in [4.78, 5) is 0. The maximum Gasteiger partial charge on any atom is 0.453 e. The topological polar surface area (TPSA) is 68.5 Å². The van der Waals surface area contributed by atoms with Gasteiger partial charge in [-0.2, -0.15) is 27.2 Å². The number of rotatable bonds is 3. The van der Waals surface area contributed by atoms with E-state index < -0.39 is 25.1 Å². The number of nitrogens with zero attached hydrogens (tertiary/aromatic N) is 4. The molecule has 0 aliphatic rings. The van der Waals surface area contributed by atoms with Gasteiger partial charge in [0.1, 0.15) is 18.0 Å². The molecule has 2 rings (SSSR count). The van der Waals surface area contributed by atoms with Crippen LogP contribution in [0.1, 0.15) is 12.1 Å². The maximum atomic E-state index is 12.9. The van der Waals surface area contributed by atoms with Gasteiger partial charge in [0.2, 0.25) is 0 Å². The van der Waals surface area contributed by atoms with Gasteiger partial charge in [-0.1, -0.05) is 5.10 Å². The number of halogens is 5. The molecular formula is C11H7F5N4O. The Morgan fingerprint density at radius 2 is 2.00 bits per heavy atom. The van der Waals surface area contributed by atoms with Crippen molar-refractivity contribution in [1.82, 2.24) is 9.78 Å². The first-order valence-corrected chi connectivity index (χ1v) is 5.61. The summed E-state index contributed by atoms with van der Waals surface area (Å²) < 4.78 is 63.0. The molecule has 0 radical (unpaired) electrons. The molecule has 0 amide bonds. The highest BCUT2D eigenvalue weighted by molar-refractivity contribution is 5.78. The van der Waals surface area contributed by atoms with Crippen LogP contribution < -0.4 is 4.73 Å². The number of pyridine rings is 1. The quantitative estimate of drug-likeness (QED) is 0.495. The van der Waals surface area contributed by atoms with Gasteiger partial charge in [-0.15, -0.1) is 4.68 Å². The van der Waals surface area contributed by atoms with E-state index in [0.29, 0.717) is 4.68 Å². The molecule has 0 spiro atoms. The average molecular weight is 306 g/mol. The molecule has 0 bridgehead atoms. The number of fused-ring (bicyclic) bond motifs is 1. The highest BCUT2D eigenvalue weighted by Gasteiger charge is 2.57. The Kier molecular flexibility index (Phi) is 3.44. The fraction of sp³-hybridized carbons (Fsp3) is 0.364. The molecule has 0 saturated heterocycles. The van der Waals surface area contributed by atoms with E-state index >= 15 is 0 Å². The van der Waals surface area contributed by atoms with E-state index in [4.69, 9.17) is 5.26 Å². The van der Waals surface area contributed by atoms with Crippen molar-refractivity contribution in [2.75, 3.05) is 0 Å². The second-order valence-electron chi connectivity index (χ2n) is 4.21. The lowest BCUT2D eigenvalue weighted by atomic mass is 10.2. The summed E-state index contributed by atoms with van der Waals surface area (Å²) in [6.07, 6.45) is -6.22. The summed E-state index contributed by atoms with van der Waals surface area (Å²) in [5.41, 5.74) is -0.461. The molecule has 0 saturated carbocycles. The first-order chi connectivity index (χ1) is 9.67. The smallest absolute Gasteiger partial charge is 0.453 e. The van der Waals surface area contributed by atoms with Gasteiger partial charge >= 0.3 is 17.7 Å². The fourth-order valence-electron chi connectivity index (χ4n) is 1.77. The van der Waals surface area contributed by atoms with Crippen molar-refractivity contribution in [3.05, 3.63) is 29.2 Å². The first-order valence-electron chi connectivity index (χ1n) is 5.61. The Bertz CT molecular complexity index is 716. The molecule has 21 heavy (non-hydrogen) atoms. The van der Waals surface area contributed by atoms with Crippen LogP contribution in [0.5, 0.6) is 0 Å². The summed E-state index contributed by atoms with van der Waals surface area (Å²) in [6.45, 7) is -0.850. The zero-order chi connectivity index (χ0) is 15.8. The fourth-order valence-corrected chi connectivity index (χ4v) is 1.77. The van der Waals surface area contributed by atoms with Crippen LogP contribution in [0.2, 0.25) is 0 Å². The van der Waals surface area contributed by atoms with Gasteiger partial charge in [0.05, 0.1) is 12.6 Å². The number of alkyl halides is 5. The van der Waals surface area contributed by atoms with Gasteiger partial charge in [-0.3, -0.25) is 0 Å². The number of aryl methyl sites for hydroxylation is 1. The van der Waals surface area contributed by atoms with Crippen LogP contribution in [0, 0.1) is 16.5 Å². The van der Waals surface area contributed by atoms with Crippen molar-refractivity contribution < 1.29 is 26.7 Å². The van der Waals surface area contributed by atoms with E-state index in [9.17, 15) is 27.2 Å². The number of nitriles is 1. The standard InChI is InChI=1S/C11H7F5N4O/c12-10(13,11(14,15)16)3-5-19-9-7(8(6-17)18-19)2-1-4-20(9)21/h1-2,4H,3,5H2. The van der Waals surface area contributed by atoms with Crippen LogP contribution in [-0.2, 0) is 6.54 Å². The molecule has 5 nitrogen and oxygen atoms in total. The number of hydrogen-bond donors (Lipinski definition) is 0. The molecule has 0 unspecified atom stereocenters. The third-order valence-corrected chi connectivity index (χ3v) is 2.81. The Morgan fingerprint density at radius 1 is 1.33 bits per heavy atom. The molecule has 0 aromatic carbocycles. The lowest BCUT2D eigenvalue weighted by Crippen LogP contribution is -2.38. The Labute approximate surface area is 114 Å². The summed E-state index contributed by atoms with van der Waals surface area (Å²) in [7, 11) is 0. The van der Waals surface area contributed by atoms with Gasteiger partial charge in [0, 0.05) is 0 Å². The SMILES string of the molecule is N#Cc1nn(CCC(F)(F)C(F)(F)F)c2c1ccc[n+]2[O-]. The minimum absolute atomic E-state index is 0.0883. The van der Waals surface area contributed by atoms with Gasteiger partial charge in [0.25, 0.3) is 0 Å². The van der Waals surface area contributed by atoms with E-state index in [1.807, 2.05) is 0 Å². The molecule has 2 aromatic heterocycles. The second-order valence-corrected chi connectivity index (χ2v) is 4.21. The first kappa shape index (κ1) is 15.0. The van der Waals surface area contributed by atoms with E-state index in [1.165, 1.54) is 12.1 Å². The van der Waals surface area contributed by atoms with Gasteiger partial charge < -0.3 is 5.21 Å². The van der Waals surface area contributed by atoms with Crippen LogP contribution in [0.3, 0.4) is 0 Å². The minimum Gasteiger partial charge on any atom is -0.711 e. The monoisotopic (exact) mass is 306 g/mol. The molecule has 2 aromatic rings. The highest BCUT2D eigenvalue weighted by atomic mass is 19.4. The maximum absolute atomic E-state index is 12.9. The second kappa shape index (κ2) is 4.83. The van der Waals surface area contributed by atoms with Crippen LogP contribution in [0.25, 0.3) is 11.0 Å². The molecule has 0 fully saturated rings. The molecule has 2 heterocycles. The van der Waals surface area contributed by atoms with Crippen LogP contribution in [0.4, 0.5) is 22.0 Å². The van der Waals surface area contributed by atoms with Crippen molar-refractivity contribution in [3.8, 4) is 6.07 Å². The predicted molar refractivity (Wildman–Crippen MR) is 59.0 cm³/mol. The van der Waals surface area contributed by atoms with Crippen molar-refractivity contribution >= 4 is 11.0 Å². The lowest BCUT2D eigenvalue weighted by Gasteiger charge is -2.18. The summed E-state index contributed by atoms with van der Waals surface area (Å²) in [5.74, 6) is -4.90. The summed E-state index contributed by atoms with van der Waals surface area (Å²) >= 11 is 0. The Morgan fingerprint density at radius 3 is 2.57 bits per heavy atom. The van der Waals surface area contributed by atoms with Gasteiger partial charge in [-0.05, 0) is 12.1 Å².